The Bertz CT molecular complexity index is 554. The minimum absolute atomic E-state index is 0. The van der Waals surface area contributed by atoms with Crippen LogP contribution in [0.1, 0.15) is 26.6 Å². The first-order valence-electron chi connectivity index (χ1n) is 6.17. The van der Waals surface area contributed by atoms with Crippen molar-refractivity contribution in [3.05, 3.63) is 51.5 Å². The Morgan fingerprint density at radius 2 is 2.05 bits per heavy atom. The van der Waals surface area contributed by atoms with Gasteiger partial charge in [-0.3, -0.25) is 4.79 Å². The fraction of sp³-hybridized carbons (Fsp3) is 0.286. The van der Waals surface area contributed by atoms with Crippen LogP contribution in [0.3, 0.4) is 0 Å². The summed E-state index contributed by atoms with van der Waals surface area (Å²) in [6.07, 6.45) is 0.718. The number of halogens is 1. The zero-order chi connectivity index (χ0) is 13.7. The third-order valence-corrected chi connectivity index (χ3v) is 3.62. The van der Waals surface area contributed by atoms with Gasteiger partial charge < -0.3 is 11.1 Å². The number of thiazole rings is 1. The van der Waals surface area contributed by atoms with E-state index in [0.29, 0.717) is 18.8 Å². The molecule has 20 heavy (non-hydrogen) atoms. The average Bonchev–Trinajstić information content (AvgIpc) is 2.87. The van der Waals surface area contributed by atoms with E-state index < -0.39 is 0 Å². The van der Waals surface area contributed by atoms with Crippen LogP contribution in [0.25, 0.3) is 0 Å². The molecule has 2 rings (SSSR count). The molecule has 0 aliphatic carbocycles. The molecule has 1 heterocycles. The minimum Gasteiger partial charge on any atom is -0.347 e. The van der Waals surface area contributed by atoms with Gasteiger partial charge in [0.2, 0.25) is 0 Å². The molecule has 6 heteroatoms. The fourth-order valence-electron chi connectivity index (χ4n) is 1.63. The zero-order valence-corrected chi connectivity index (χ0v) is 12.9. The first kappa shape index (κ1) is 16.6. The zero-order valence-electron chi connectivity index (χ0n) is 11.3. The van der Waals surface area contributed by atoms with Crippen molar-refractivity contribution in [3.8, 4) is 0 Å². The Labute approximate surface area is 128 Å². The highest BCUT2D eigenvalue weighted by Gasteiger charge is 2.09. The van der Waals surface area contributed by atoms with Gasteiger partial charge >= 0.3 is 0 Å². The number of rotatable bonds is 5. The van der Waals surface area contributed by atoms with Crippen molar-refractivity contribution >= 4 is 29.7 Å². The third kappa shape index (κ3) is 4.59. The molecule has 0 bridgehead atoms. The molecular formula is C14H18ClN3OS. The van der Waals surface area contributed by atoms with Gasteiger partial charge in [-0.15, -0.1) is 23.7 Å². The van der Waals surface area contributed by atoms with Gasteiger partial charge in [-0.05, 0) is 19.0 Å². The van der Waals surface area contributed by atoms with E-state index >= 15 is 0 Å². The molecule has 0 spiro atoms. The van der Waals surface area contributed by atoms with Gasteiger partial charge in [-0.25, -0.2) is 4.98 Å². The van der Waals surface area contributed by atoms with Crippen molar-refractivity contribution < 1.29 is 4.79 Å². The van der Waals surface area contributed by atoms with Crippen LogP contribution in [-0.4, -0.2) is 17.4 Å². The standard InChI is InChI=1S/C14H17N3OS.ClH/c1-10-2-4-11(5-3-10)8-16-14(18)12-9-19-13(17-12)6-7-15;/h2-5,9H,6-8,15H2,1H3,(H,16,18);1H. The number of carbonyl (C=O) groups excluding carboxylic acids is 1. The van der Waals surface area contributed by atoms with Crippen molar-refractivity contribution in [1.29, 1.82) is 0 Å². The highest BCUT2D eigenvalue weighted by atomic mass is 35.5. The number of hydrogen-bond donors (Lipinski definition) is 2. The van der Waals surface area contributed by atoms with E-state index in [1.54, 1.807) is 5.38 Å². The number of nitrogens with zero attached hydrogens (tertiary/aromatic N) is 1. The third-order valence-electron chi connectivity index (χ3n) is 2.72. The topological polar surface area (TPSA) is 68.0 Å². The van der Waals surface area contributed by atoms with Gasteiger partial charge in [0.15, 0.2) is 0 Å². The first-order valence-corrected chi connectivity index (χ1v) is 7.05. The van der Waals surface area contributed by atoms with Gasteiger partial charge in [0.1, 0.15) is 5.69 Å². The molecule has 0 aliphatic heterocycles. The van der Waals surface area contributed by atoms with Gasteiger partial charge in [0, 0.05) is 18.3 Å². The second-order valence-electron chi connectivity index (χ2n) is 4.33. The summed E-state index contributed by atoms with van der Waals surface area (Å²) in [4.78, 5) is 16.2. The van der Waals surface area contributed by atoms with Crippen LogP contribution in [-0.2, 0) is 13.0 Å². The molecule has 1 aromatic heterocycles. The summed E-state index contributed by atoms with van der Waals surface area (Å²) in [5, 5.41) is 5.54. The Hall–Kier alpha value is -1.43. The Kier molecular flexibility index (Phi) is 6.64. The van der Waals surface area contributed by atoms with Crippen molar-refractivity contribution in [2.75, 3.05) is 6.54 Å². The largest absolute Gasteiger partial charge is 0.347 e. The van der Waals surface area contributed by atoms with Gasteiger partial charge in [-0.1, -0.05) is 29.8 Å². The van der Waals surface area contributed by atoms with E-state index in [-0.39, 0.29) is 18.3 Å². The van der Waals surface area contributed by atoms with Crippen LogP contribution in [0.4, 0.5) is 0 Å². The maximum absolute atomic E-state index is 11.9. The highest BCUT2D eigenvalue weighted by molar-refractivity contribution is 7.09. The molecule has 0 saturated carbocycles. The molecule has 3 N–H and O–H groups in total. The normalized spacial score (nSPS) is 9.90. The number of carbonyl (C=O) groups is 1. The quantitative estimate of drug-likeness (QED) is 0.890. The minimum atomic E-state index is -0.139. The predicted octanol–water partition coefficient (Wildman–Crippen LogP) is 2.30. The maximum Gasteiger partial charge on any atom is 0.271 e. The van der Waals surface area contributed by atoms with E-state index in [4.69, 9.17) is 5.73 Å². The van der Waals surface area contributed by atoms with Crippen molar-refractivity contribution in [3.63, 3.8) is 0 Å². The lowest BCUT2D eigenvalue weighted by Crippen LogP contribution is -2.23. The van der Waals surface area contributed by atoms with Crippen LogP contribution in [0.15, 0.2) is 29.6 Å². The van der Waals surface area contributed by atoms with E-state index in [9.17, 15) is 4.79 Å². The molecule has 0 fully saturated rings. The lowest BCUT2D eigenvalue weighted by atomic mass is 10.1. The Morgan fingerprint density at radius 3 is 2.70 bits per heavy atom. The van der Waals surface area contributed by atoms with Crippen molar-refractivity contribution in [2.24, 2.45) is 5.73 Å². The van der Waals surface area contributed by atoms with Crippen molar-refractivity contribution in [1.82, 2.24) is 10.3 Å². The van der Waals surface area contributed by atoms with E-state index in [1.165, 1.54) is 16.9 Å². The summed E-state index contributed by atoms with van der Waals surface area (Å²) in [6, 6.07) is 8.08. The summed E-state index contributed by atoms with van der Waals surface area (Å²) in [5.74, 6) is -0.139. The number of hydrogen-bond acceptors (Lipinski definition) is 4. The predicted molar refractivity (Wildman–Crippen MR) is 84.5 cm³/mol. The molecule has 0 saturated heterocycles. The van der Waals surface area contributed by atoms with Crippen LogP contribution < -0.4 is 11.1 Å². The van der Waals surface area contributed by atoms with Crippen molar-refractivity contribution in [2.45, 2.75) is 19.9 Å². The molecule has 108 valence electrons. The second kappa shape index (κ2) is 7.99. The smallest absolute Gasteiger partial charge is 0.271 e. The Morgan fingerprint density at radius 1 is 1.35 bits per heavy atom. The number of aromatic nitrogens is 1. The molecule has 0 aliphatic rings. The monoisotopic (exact) mass is 311 g/mol. The molecule has 0 radical (unpaired) electrons. The average molecular weight is 312 g/mol. The SMILES string of the molecule is Cc1ccc(CNC(=O)c2csc(CCN)n2)cc1.Cl. The highest BCUT2D eigenvalue weighted by Crippen LogP contribution is 2.10. The van der Waals surface area contributed by atoms with Crippen LogP contribution in [0, 0.1) is 6.92 Å². The van der Waals surface area contributed by atoms with E-state index in [1.807, 2.05) is 31.2 Å². The second-order valence-corrected chi connectivity index (χ2v) is 5.28. The summed E-state index contributed by atoms with van der Waals surface area (Å²) in [6.45, 7) is 3.11. The molecule has 0 unspecified atom stereocenters. The molecule has 4 nitrogen and oxygen atoms in total. The number of amides is 1. The van der Waals surface area contributed by atoms with Gasteiger partial charge in [0.05, 0.1) is 5.01 Å². The van der Waals surface area contributed by atoms with Gasteiger partial charge in [0.25, 0.3) is 5.91 Å². The lowest BCUT2D eigenvalue weighted by molar-refractivity contribution is 0.0946. The molecule has 0 atom stereocenters. The molecular weight excluding hydrogens is 294 g/mol. The van der Waals surface area contributed by atoms with E-state index in [2.05, 4.69) is 10.3 Å². The number of aryl methyl sites for hydroxylation is 1. The summed E-state index contributed by atoms with van der Waals surface area (Å²) in [5.41, 5.74) is 8.22. The first-order chi connectivity index (χ1) is 9.19. The van der Waals surface area contributed by atoms with Crippen LogP contribution >= 0.6 is 23.7 Å². The maximum atomic E-state index is 11.9. The Balaban J connectivity index is 0.00000200. The fourth-order valence-corrected chi connectivity index (χ4v) is 2.43. The number of nitrogens with two attached hydrogens (primary N) is 1. The molecule has 1 aromatic carbocycles. The lowest BCUT2D eigenvalue weighted by Gasteiger charge is -2.03. The molecule has 1 amide bonds. The van der Waals surface area contributed by atoms with Crippen LogP contribution in [0.5, 0.6) is 0 Å². The van der Waals surface area contributed by atoms with E-state index in [0.717, 1.165) is 17.0 Å². The summed E-state index contributed by atoms with van der Waals surface area (Å²) in [7, 11) is 0. The molecule has 2 aromatic rings. The van der Waals surface area contributed by atoms with Gasteiger partial charge in [-0.2, -0.15) is 0 Å². The van der Waals surface area contributed by atoms with Crippen LogP contribution in [0.2, 0.25) is 0 Å². The number of nitrogens with one attached hydrogen (secondary N) is 1. The number of benzene rings is 1. The summed E-state index contributed by atoms with van der Waals surface area (Å²) < 4.78 is 0. The summed E-state index contributed by atoms with van der Waals surface area (Å²) >= 11 is 1.47.